The molecule has 0 rings (SSSR count). The smallest absolute Gasteiger partial charge is 0.472 e. The molecule has 8 nitrogen and oxygen atoms in total. The first-order valence-corrected chi connectivity index (χ1v) is 12.8. The minimum Gasteiger partial charge on any atom is -0.480 e. The van der Waals surface area contributed by atoms with Crippen molar-refractivity contribution in [2.24, 2.45) is 5.73 Å². The summed E-state index contributed by atoms with van der Waals surface area (Å²) in [7, 11) is -4.18. The predicted octanol–water partition coefficient (Wildman–Crippen LogP) is 3.55. The number of carboxylic acids is 1. The molecule has 0 bridgehead atoms. The van der Waals surface area contributed by atoms with Crippen LogP contribution in [-0.2, 0) is 18.4 Å². The molecular formula is C18H38NO7PS. The first-order chi connectivity index (χ1) is 13.3. The molecule has 0 aromatic carbocycles. The fourth-order valence-electron chi connectivity index (χ4n) is 2.44. The molecule has 0 heterocycles. The lowest BCUT2D eigenvalue weighted by Crippen LogP contribution is -2.33. The van der Waals surface area contributed by atoms with Gasteiger partial charge in [-0.25, -0.2) is 4.57 Å². The summed E-state index contributed by atoms with van der Waals surface area (Å²) in [5, 5.41) is 18.4. The monoisotopic (exact) mass is 443 g/mol. The van der Waals surface area contributed by atoms with Crippen LogP contribution < -0.4 is 5.73 Å². The predicted molar refractivity (Wildman–Crippen MR) is 113 cm³/mol. The maximum atomic E-state index is 11.7. The highest BCUT2D eigenvalue weighted by atomic mass is 32.2. The highest BCUT2D eigenvalue weighted by Gasteiger charge is 2.22. The summed E-state index contributed by atoms with van der Waals surface area (Å²) >= 11 is 1.14. The molecule has 0 fully saturated rings. The molecule has 0 radical (unpaired) electrons. The van der Waals surface area contributed by atoms with E-state index in [1.54, 1.807) is 0 Å². The van der Waals surface area contributed by atoms with Gasteiger partial charge >= 0.3 is 13.8 Å². The number of phosphoric ester groups is 1. The number of hydrogen-bond acceptors (Lipinski definition) is 7. The second kappa shape index (κ2) is 17.7. The zero-order valence-corrected chi connectivity index (χ0v) is 18.7. The highest BCUT2D eigenvalue weighted by molar-refractivity contribution is 7.99. The summed E-state index contributed by atoms with van der Waals surface area (Å²) in [6.07, 6.45) is 10.6. The van der Waals surface area contributed by atoms with Crippen molar-refractivity contribution < 1.29 is 33.5 Å². The van der Waals surface area contributed by atoms with Crippen LogP contribution in [0.3, 0.4) is 0 Å². The van der Waals surface area contributed by atoms with E-state index in [1.165, 1.54) is 44.9 Å². The fourth-order valence-corrected chi connectivity index (χ4v) is 4.13. The second-order valence-electron chi connectivity index (χ2n) is 6.92. The lowest BCUT2D eigenvalue weighted by atomic mass is 10.1. The van der Waals surface area contributed by atoms with Gasteiger partial charge < -0.3 is 20.8 Å². The number of phosphoric acid groups is 1. The highest BCUT2D eigenvalue weighted by Crippen LogP contribution is 2.43. The molecule has 28 heavy (non-hydrogen) atoms. The molecule has 0 aliphatic carbocycles. The Morgan fingerprint density at radius 1 is 1.00 bits per heavy atom. The topological polar surface area (TPSA) is 139 Å². The number of nitrogens with two attached hydrogens (primary N) is 1. The van der Waals surface area contributed by atoms with Crippen molar-refractivity contribution in [3.05, 3.63) is 0 Å². The first-order valence-electron chi connectivity index (χ1n) is 10.1. The van der Waals surface area contributed by atoms with E-state index >= 15 is 0 Å². The van der Waals surface area contributed by atoms with E-state index in [9.17, 15) is 19.4 Å². The zero-order chi connectivity index (χ0) is 21.3. The SMILES string of the molecule is CCCCCCCCCCCCOP(=O)(O)OCC(O)CSCC(N)C(=O)O. The van der Waals surface area contributed by atoms with Gasteiger partial charge in [0.25, 0.3) is 0 Å². The summed E-state index contributed by atoms with van der Waals surface area (Å²) in [6, 6.07) is -1.01. The number of hydrogen-bond donors (Lipinski definition) is 4. The van der Waals surface area contributed by atoms with Crippen LogP contribution in [0.15, 0.2) is 0 Å². The maximum Gasteiger partial charge on any atom is 0.472 e. The van der Waals surface area contributed by atoms with Crippen LogP contribution in [0.2, 0.25) is 0 Å². The number of rotatable bonds is 20. The molecule has 3 unspecified atom stereocenters. The van der Waals surface area contributed by atoms with E-state index in [0.717, 1.165) is 24.6 Å². The molecule has 0 aliphatic rings. The Balaban J connectivity index is 3.59. The van der Waals surface area contributed by atoms with Crippen LogP contribution in [0, 0.1) is 0 Å². The van der Waals surface area contributed by atoms with E-state index < -0.39 is 25.9 Å². The van der Waals surface area contributed by atoms with E-state index in [4.69, 9.17) is 19.9 Å². The van der Waals surface area contributed by atoms with Gasteiger partial charge in [0.2, 0.25) is 0 Å². The van der Waals surface area contributed by atoms with Crippen LogP contribution in [0.5, 0.6) is 0 Å². The van der Waals surface area contributed by atoms with Crippen LogP contribution in [-0.4, -0.2) is 57.9 Å². The molecule has 0 aliphatic heterocycles. The quantitative estimate of drug-likeness (QED) is 0.164. The van der Waals surface area contributed by atoms with E-state index in [0.29, 0.717) is 6.42 Å². The molecule has 5 N–H and O–H groups in total. The molecule has 0 saturated carbocycles. The van der Waals surface area contributed by atoms with Crippen LogP contribution in [0.4, 0.5) is 0 Å². The molecule has 0 aromatic heterocycles. The summed E-state index contributed by atoms with van der Waals surface area (Å²) in [5.41, 5.74) is 5.34. The van der Waals surface area contributed by atoms with Gasteiger partial charge in [-0.05, 0) is 6.42 Å². The Kier molecular flexibility index (Phi) is 17.6. The molecule has 10 heteroatoms. The van der Waals surface area contributed by atoms with Crippen molar-refractivity contribution >= 4 is 25.6 Å². The van der Waals surface area contributed by atoms with E-state index in [1.807, 2.05) is 0 Å². The number of aliphatic hydroxyl groups is 1. The third kappa shape index (κ3) is 17.9. The Morgan fingerprint density at radius 3 is 2.07 bits per heavy atom. The number of aliphatic carboxylic acids is 1. The molecule has 0 aromatic rings. The Bertz CT molecular complexity index is 442. The van der Waals surface area contributed by atoms with Crippen LogP contribution in [0.25, 0.3) is 0 Å². The van der Waals surface area contributed by atoms with Crippen molar-refractivity contribution in [1.29, 1.82) is 0 Å². The molecule has 0 spiro atoms. The average molecular weight is 444 g/mol. The molecular weight excluding hydrogens is 405 g/mol. The van der Waals surface area contributed by atoms with Crippen molar-refractivity contribution in [2.45, 2.75) is 83.3 Å². The van der Waals surface area contributed by atoms with Gasteiger partial charge in [-0.3, -0.25) is 13.8 Å². The lowest BCUT2D eigenvalue weighted by Gasteiger charge is -2.15. The van der Waals surface area contributed by atoms with E-state index in [-0.39, 0.29) is 24.7 Å². The average Bonchev–Trinajstić information content (AvgIpc) is 2.64. The lowest BCUT2D eigenvalue weighted by molar-refractivity contribution is -0.137. The van der Waals surface area contributed by atoms with Gasteiger partial charge in [-0.1, -0.05) is 64.7 Å². The van der Waals surface area contributed by atoms with E-state index in [2.05, 4.69) is 6.92 Å². The van der Waals surface area contributed by atoms with Crippen LogP contribution in [0.1, 0.15) is 71.1 Å². The van der Waals surface area contributed by atoms with Gasteiger partial charge in [0, 0.05) is 11.5 Å². The Hall–Kier alpha value is -0.150. The molecule has 168 valence electrons. The number of carboxylic acid groups (broad SMARTS) is 1. The third-order valence-corrected chi connectivity index (χ3v) is 6.31. The first kappa shape index (κ1) is 27.8. The summed E-state index contributed by atoms with van der Waals surface area (Å²) < 4.78 is 21.4. The van der Waals surface area contributed by atoms with Crippen molar-refractivity contribution in [3.63, 3.8) is 0 Å². The van der Waals surface area contributed by atoms with Crippen molar-refractivity contribution in [3.8, 4) is 0 Å². The fraction of sp³-hybridized carbons (Fsp3) is 0.944. The Morgan fingerprint density at radius 2 is 1.54 bits per heavy atom. The largest absolute Gasteiger partial charge is 0.480 e. The molecule has 0 saturated heterocycles. The number of unbranched alkanes of at least 4 members (excludes halogenated alkanes) is 9. The van der Waals surface area contributed by atoms with Crippen molar-refractivity contribution in [1.82, 2.24) is 0 Å². The number of carbonyl (C=O) groups is 1. The van der Waals surface area contributed by atoms with Crippen molar-refractivity contribution in [2.75, 3.05) is 24.7 Å². The molecule has 3 atom stereocenters. The van der Waals surface area contributed by atoms with Gasteiger partial charge in [0.05, 0.1) is 19.3 Å². The van der Waals surface area contributed by atoms with Gasteiger partial charge in [0.1, 0.15) is 6.04 Å². The van der Waals surface area contributed by atoms with Gasteiger partial charge in [0.15, 0.2) is 0 Å². The zero-order valence-electron chi connectivity index (χ0n) is 17.0. The standard InChI is InChI=1S/C18H38NO7PS/c1-2-3-4-5-6-7-8-9-10-11-12-25-27(23,24)26-13-16(20)14-28-15-17(19)18(21)22/h16-17,20H,2-15,19H2,1H3,(H,21,22)(H,23,24). The third-order valence-electron chi connectivity index (χ3n) is 4.11. The minimum atomic E-state index is -4.18. The Labute approximate surface area is 173 Å². The van der Waals surface area contributed by atoms with Crippen LogP contribution >= 0.6 is 19.6 Å². The summed E-state index contributed by atoms with van der Waals surface area (Å²) in [6.45, 7) is 1.99. The number of aliphatic hydroxyl groups excluding tert-OH is 1. The second-order valence-corrected chi connectivity index (χ2v) is 9.44. The normalized spacial score (nSPS) is 15.9. The van der Waals surface area contributed by atoms with Gasteiger partial charge in [-0.15, -0.1) is 0 Å². The molecule has 0 amide bonds. The van der Waals surface area contributed by atoms with Gasteiger partial charge in [-0.2, -0.15) is 11.8 Å². The minimum absolute atomic E-state index is 0.137. The summed E-state index contributed by atoms with van der Waals surface area (Å²) in [5.74, 6) is -0.823. The summed E-state index contributed by atoms with van der Waals surface area (Å²) in [4.78, 5) is 20.2. The maximum absolute atomic E-state index is 11.7. The number of thioether (sulfide) groups is 1.